The summed E-state index contributed by atoms with van der Waals surface area (Å²) in [4.78, 5) is 26.4. The normalized spacial score (nSPS) is 12.6. The van der Waals surface area contributed by atoms with Crippen LogP contribution in [0.5, 0.6) is 0 Å². The summed E-state index contributed by atoms with van der Waals surface area (Å²) >= 11 is 0. The molecule has 0 spiro atoms. The van der Waals surface area contributed by atoms with Crippen LogP contribution in [0, 0.1) is 11.8 Å². The molecular weight excluding hydrogens is 1140 g/mol. The summed E-state index contributed by atoms with van der Waals surface area (Å²) in [6, 6.07) is 0. The summed E-state index contributed by atoms with van der Waals surface area (Å²) in [5.74, 6) is 2.67. The Morgan fingerprint density at radius 1 is 0.319 bits per heavy atom. The van der Waals surface area contributed by atoms with Gasteiger partial charge in [0.25, 0.3) is 0 Å². The number of hydrogen-bond acceptors (Lipinski definition) is 6. The number of Topliss-reactive ketones (excluding diaryl/α,β-unsaturated/α-hetero) is 2. The molecule has 0 aromatic heterocycles. The minimum atomic E-state index is -5.17. The summed E-state index contributed by atoms with van der Waals surface area (Å²) in [5.41, 5.74) is -0.565. The molecule has 0 aliphatic heterocycles. The summed E-state index contributed by atoms with van der Waals surface area (Å²) < 4.78 is 35.7. The van der Waals surface area contributed by atoms with Gasteiger partial charge in [-0.15, -0.1) is 0 Å². The fourth-order valence-corrected chi connectivity index (χ4v) is 12.6. The van der Waals surface area contributed by atoms with Gasteiger partial charge in [-0.2, -0.15) is 0 Å². The molecule has 0 atom stereocenters. The summed E-state index contributed by atoms with van der Waals surface area (Å²) in [6.07, 6.45) is 84.3. The monoisotopic (exact) mass is 1310 g/mol. The first-order chi connectivity index (χ1) is 43.3. The van der Waals surface area contributed by atoms with Crippen LogP contribution in [-0.4, -0.2) is 90.4 Å². The SMILES string of the molecule is CCCCCCCC/C=C\CCCCCCCC(=O)C(C)(C)[N+](C)(C)CCCCCCCCCCCCCCCC(C)C.CCCCCCCC/C=C\CCCCCCCC(=O)C(C)(C)[N+](C)(C)CCCCCCCCCCCCCCCC(C)C.O=S(=O)([O-])[O-]. The lowest BCUT2D eigenvalue weighted by molar-refractivity contribution is -0.927. The molecule has 0 fully saturated rings. The largest absolute Gasteiger partial charge is 0.759 e. The molecule has 0 saturated heterocycles. The van der Waals surface area contributed by atoms with E-state index in [0.717, 1.165) is 59.6 Å². The third-order valence-corrected chi connectivity index (χ3v) is 20.7. The highest BCUT2D eigenvalue weighted by molar-refractivity contribution is 7.79. The fraction of sp³-hybridized carbons (Fsp3) is 0.927. The zero-order valence-electron chi connectivity index (χ0n) is 64.2. The molecule has 0 radical (unpaired) electrons. The standard InChI is InChI=1S/2C41H82NO.H2O4S/c2*1-8-9-10-11-12-13-14-15-16-19-22-25-28-31-34-37-40(43)41(4,5)42(6,7)38-35-32-29-26-23-20-17-18-21-24-27-30-33-36-39(2)3;1-5(2,3)4/h2*15-16,39H,8-14,17-38H2,1-7H3;(H2,1,2,3,4)/q2*+1;/p-2/b2*16-15-;. The van der Waals surface area contributed by atoms with Gasteiger partial charge in [-0.1, -0.05) is 323 Å². The molecule has 0 N–H and O–H groups in total. The average molecular weight is 1310 g/mol. The van der Waals surface area contributed by atoms with Gasteiger partial charge in [0.1, 0.15) is 0 Å². The Kier molecular flexibility index (Phi) is 66.6. The molecule has 0 aromatic carbocycles. The Labute approximate surface area is 572 Å². The molecule has 0 saturated carbocycles. The molecule has 9 heteroatoms. The molecular formula is C82H164N2O6S. The van der Waals surface area contributed by atoms with Crippen molar-refractivity contribution in [1.82, 2.24) is 0 Å². The van der Waals surface area contributed by atoms with Crippen molar-refractivity contribution in [2.24, 2.45) is 11.8 Å². The average Bonchev–Trinajstić information content (AvgIpc) is 1.18. The van der Waals surface area contributed by atoms with Crippen molar-refractivity contribution in [2.75, 3.05) is 41.3 Å². The van der Waals surface area contributed by atoms with Crippen LogP contribution in [0.2, 0.25) is 0 Å². The first-order valence-corrected chi connectivity index (χ1v) is 41.3. The van der Waals surface area contributed by atoms with Gasteiger partial charge in [-0.05, 0) is 129 Å². The lowest BCUT2D eigenvalue weighted by Gasteiger charge is -2.43. The number of quaternary nitrogens is 2. The number of carbonyl (C=O) groups is 2. The van der Waals surface area contributed by atoms with Gasteiger partial charge >= 0.3 is 0 Å². The zero-order chi connectivity index (χ0) is 68.7. The predicted octanol–water partition coefficient (Wildman–Crippen LogP) is 25.8. The molecule has 0 aliphatic carbocycles. The molecule has 0 aromatic rings. The molecule has 0 rings (SSSR count). The van der Waals surface area contributed by atoms with E-state index in [4.69, 9.17) is 17.5 Å². The van der Waals surface area contributed by atoms with E-state index in [1.165, 1.54) is 334 Å². The predicted molar refractivity (Wildman–Crippen MR) is 400 cm³/mol. The van der Waals surface area contributed by atoms with Crippen molar-refractivity contribution < 1.29 is 36.1 Å². The summed E-state index contributed by atoms with van der Waals surface area (Å²) in [7, 11) is 3.95. The molecule has 0 aliphatic rings. The zero-order valence-corrected chi connectivity index (χ0v) is 65.0. The number of rotatable bonds is 66. The molecule has 0 bridgehead atoms. The van der Waals surface area contributed by atoms with Crippen molar-refractivity contribution in [3.63, 3.8) is 0 Å². The number of carbonyl (C=O) groups excluding carboxylic acids is 2. The Morgan fingerprint density at radius 3 is 0.703 bits per heavy atom. The molecule has 0 unspecified atom stereocenters. The fourth-order valence-electron chi connectivity index (χ4n) is 12.6. The van der Waals surface area contributed by atoms with Crippen LogP contribution in [-0.2, 0) is 20.0 Å². The van der Waals surface area contributed by atoms with Crippen LogP contribution in [0.1, 0.15) is 429 Å². The van der Waals surface area contributed by atoms with Gasteiger partial charge in [0.15, 0.2) is 22.6 Å². The number of unbranched alkanes of at least 4 members (excludes halogenated alkanes) is 46. The second kappa shape index (κ2) is 64.6. The second-order valence-electron chi connectivity index (χ2n) is 31.4. The van der Waals surface area contributed by atoms with E-state index < -0.39 is 10.4 Å². The van der Waals surface area contributed by atoms with Crippen LogP contribution in [0.15, 0.2) is 24.3 Å². The first-order valence-electron chi connectivity index (χ1n) is 40.0. The summed E-state index contributed by atoms with van der Waals surface area (Å²) in [5, 5.41) is 0. The lowest BCUT2D eigenvalue weighted by Crippen LogP contribution is -2.60. The Hall–Kier alpha value is -1.39. The second-order valence-corrected chi connectivity index (χ2v) is 32.2. The van der Waals surface area contributed by atoms with Gasteiger partial charge in [0.05, 0.1) is 41.3 Å². The number of hydrogen-bond donors (Lipinski definition) is 0. The van der Waals surface area contributed by atoms with E-state index in [1.54, 1.807) is 0 Å². The van der Waals surface area contributed by atoms with Crippen LogP contribution in [0.4, 0.5) is 0 Å². The number of nitrogens with zero attached hydrogens (tertiary/aromatic N) is 2. The van der Waals surface area contributed by atoms with E-state index in [2.05, 4.69) is 122 Å². The first kappa shape index (κ1) is 93.8. The van der Waals surface area contributed by atoms with E-state index >= 15 is 0 Å². The molecule has 8 nitrogen and oxygen atoms in total. The van der Waals surface area contributed by atoms with Crippen molar-refractivity contribution in [3.05, 3.63) is 24.3 Å². The number of likely N-dealkylation sites (N-methyl/N-ethyl adjacent to an activating group) is 2. The molecule has 0 amide bonds. The highest BCUT2D eigenvalue weighted by Gasteiger charge is 2.43. The van der Waals surface area contributed by atoms with E-state index in [1.807, 2.05) is 0 Å². The topological polar surface area (TPSA) is 114 Å². The third kappa shape index (κ3) is 65.7. The van der Waals surface area contributed by atoms with E-state index in [-0.39, 0.29) is 11.1 Å². The maximum absolute atomic E-state index is 13.2. The van der Waals surface area contributed by atoms with Gasteiger partial charge in [-0.3, -0.25) is 18.0 Å². The van der Waals surface area contributed by atoms with Crippen molar-refractivity contribution in [3.8, 4) is 0 Å². The molecule has 544 valence electrons. The minimum Gasteiger partial charge on any atom is -0.759 e. The van der Waals surface area contributed by atoms with E-state index in [9.17, 15) is 9.59 Å². The van der Waals surface area contributed by atoms with E-state index in [0.29, 0.717) is 11.6 Å². The van der Waals surface area contributed by atoms with Crippen molar-refractivity contribution in [2.45, 2.75) is 440 Å². The highest BCUT2D eigenvalue weighted by Crippen LogP contribution is 2.28. The maximum Gasteiger partial charge on any atom is 0.192 e. The van der Waals surface area contributed by atoms with Gasteiger partial charge in [0, 0.05) is 23.2 Å². The lowest BCUT2D eigenvalue weighted by atomic mass is 9.90. The molecule has 91 heavy (non-hydrogen) atoms. The van der Waals surface area contributed by atoms with Crippen LogP contribution in [0.25, 0.3) is 0 Å². The van der Waals surface area contributed by atoms with Crippen LogP contribution >= 0.6 is 0 Å². The number of ketones is 2. The number of allylic oxidation sites excluding steroid dienone is 4. The summed E-state index contributed by atoms with van der Waals surface area (Å²) in [6.45, 7) is 24.9. The van der Waals surface area contributed by atoms with Crippen LogP contribution < -0.4 is 0 Å². The molecule has 0 heterocycles. The van der Waals surface area contributed by atoms with Gasteiger partial charge < -0.3 is 18.1 Å². The Bertz CT molecular complexity index is 1610. The van der Waals surface area contributed by atoms with Crippen molar-refractivity contribution in [1.29, 1.82) is 0 Å². The Morgan fingerprint density at radius 2 is 0.495 bits per heavy atom. The smallest absolute Gasteiger partial charge is 0.192 e. The van der Waals surface area contributed by atoms with Gasteiger partial charge in [0.2, 0.25) is 0 Å². The Balaban J connectivity index is -0.00000158. The van der Waals surface area contributed by atoms with Gasteiger partial charge in [-0.25, -0.2) is 0 Å². The van der Waals surface area contributed by atoms with Crippen LogP contribution in [0.3, 0.4) is 0 Å². The maximum atomic E-state index is 13.2. The third-order valence-electron chi connectivity index (χ3n) is 20.7. The van der Waals surface area contributed by atoms with Crippen molar-refractivity contribution >= 4 is 22.0 Å². The minimum absolute atomic E-state index is 0.283. The highest BCUT2D eigenvalue weighted by atomic mass is 32.3. The quantitative estimate of drug-likeness (QED) is 0.0197.